The zero-order chi connectivity index (χ0) is 14.7. The van der Waals surface area contributed by atoms with Crippen LogP contribution in [0.2, 0.25) is 0 Å². The Hall–Kier alpha value is -0.460. The third-order valence-electron chi connectivity index (χ3n) is 4.30. The minimum absolute atomic E-state index is 0.0180. The van der Waals surface area contributed by atoms with Crippen LogP contribution in [0.5, 0.6) is 0 Å². The molecule has 2 aliphatic heterocycles. The first kappa shape index (κ1) is 15.4. The summed E-state index contributed by atoms with van der Waals surface area (Å²) >= 11 is 3.62. The molecule has 0 N–H and O–H groups in total. The average molecular weight is 357 g/mol. The second kappa shape index (κ2) is 6.75. The second-order valence-corrected chi connectivity index (χ2v) is 6.59. The third kappa shape index (κ3) is 3.32. The number of halogens is 1. The predicted octanol–water partition coefficient (Wildman–Crippen LogP) is 3.19. The van der Waals surface area contributed by atoms with Gasteiger partial charge in [0.2, 0.25) is 0 Å². The molecule has 0 radical (unpaired) electrons. The Balaban J connectivity index is 1.94. The Bertz CT molecular complexity index is 474. The number of rotatable bonds is 4. The largest absolute Gasteiger partial charge is 0.384 e. The van der Waals surface area contributed by atoms with Crippen LogP contribution in [-0.2, 0) is 24.4 Å². The van der Waals surface area contributed by atoms with E-state index in [0.29, 0.717) is 19.8 Å². The third-order valence-corrected chi connectivity index (χ3v) is 4.75. The van der Waals surface area contributed by atoms with Crippen LogP contribution in [0.4, 0.5) is 0 Å². The van der Waals surface area contributed by atoms with Gasteiger partial charge in [-0.2, -0.15) is 0 Å². The van der Waals surface area contributed by atoms with Gasteiger partial charge in [0.05, 0.1) is 19.8 Å². The van der Waals surface area contributed by atoms with Crippen molar-refractivity contribution in [1.82, 2.24) is 0 Å². The van der Waals surface area contributed by atoms with Gasteiger partial charge in [0.25, 0.3) is 0 Å². The van der Waals surface area contributed by atoms with Crippen LogP contribution in [0, 0.1) is 0 Å². The summed E-state index contributed by atoms with van der Waals surface area (Å²) in [6.07, 6.45) is 1.70. The molecule has 21 heavy (non-hydrogen) atoms. The molecule has 2 heterocycles. The van der Waals surface area contributed by atoms with E-state index < -0.39 is 0 Å². The zero-order valence-corrected chi connectivity index (χ0v) is 13.9. The number of ether oxygens (including phenoxy) is 4. The van der Waals surface area contributed by atoms with Crippen LogP contribution in [0.1, 0.15) is 30.3 Å². The van der Waals surface area contributed by atoms with Crippen molar-refractivity contribution < 1.29 is 18.9 Å². The summed E-state index contributed by atoms with van der Waals surface area (Å²) in [7, 11) is 1.76. The van der Waals surface area contributed by atoms with E-state index in [9.17, 15) is 0 Å². The van der Waals surface area contributed by atoms with Crippen molar-refractivity contribution in [3.8, 4) is 0 Å². The van der Waals surface area contributed by atoms with E-state index in [0.717, 1.165) is 36.1 Å². The summed E-state index contributed by atoms with van der Waals surface area (Å²) in [5, 5.41) is 0. The maximum atomic E-state index is 5.63. The maximum Gasteiger partial charge on any atom is 0.184 e. The smallest absolute Gasteiger partial charge is 0.184 e. The lowest BCUT2D eigenvalue weighted by Crippen LogP contribution is -2.38. The summed E-state index contributed by atoms with van der Waals surface area (Å²) < 4.78 is 23.4. The highest BCUT2D eigenvalue weighted by Crippen LogP contribution is 2.38. The van der Waals surface area contributed by atoms with Crippen LogP contribution in [0.3, 0.4) is 0 Å². The molecule has 0 amide bonds. The lowest BCUT2D eigenvalue weighted by atomic mass is 9.74. The van der Waals surface area contributed by atoms with E-state index >= 15 is 0 Å². The number of benzene rings is 1. The molecule has 0 bridgehead atoms. The van der Waals surface area contributed by atoms with Gasteiger partial charge in [-0.1, -0.05) is 22.0 Å². The van der Waals surface area contributed by atoms with Gasteiger partial charge >= 0.3 is 0 Å². The molecule has 0 saturated carbocycles. The van der Waals surface area contributed by atoms with Crippen LogP contribution < -0.4 is 0 Å². The van der Waals surface area contributed by atoms with E-state index in [1.807, 2.05) is 0 Å². The Morgan fingerprint density at radius 2 is 1.86 bits per heavy atom. The van der Waals surface area contributed by atoms with Crippen molar-refractivity contribution in [2.45, 2.75) is 24.5 Å². The Kier molecular flexibility index (Phi) is 4.96. The first-order chi connectivity index (χ1) is 10.2. The molecule has 0 atom stereocenters. The maximum absolute atomic E-state index is 5.63. The highest BCUT2D eigenvalue weighted by molar-refractivity contribution is 9.10. The van der Waals surface area contributed by atoms with Gasteiger partial charge in [0, 0.05) is 35.8 Å². The van der Waals surface area contributed by atoms with E-state index in [-0.39, 0.29) is 11.7 Å². The van der Waals surface area contributed by atoms with Gasteiger partial charge < -0.3 is 18.9 Å². The van der Waals surface area contributed by atoms with Crippen molar-refractivity contribution in [2.24, 2.45) is 0 Å². The first-order valence-electron chi connectivity index (χ1n) is 7.34. The lowest BCUT2D eigenvalue weighted by Gasteiger charge is -2.37. The van der Waals surface area contributed by atoms with Crippen molar-refractivity contribution in [3.63, 3.8) is 0 Å². The number of hydrogen-bond donors (Lipinski definition) is 0. The molecule has 2 aliphatic rings. The fourth-order valence-corrected chi connectivity index (χ4v) is 3.67. The minimum Gasteiger partial charge on any atom is -0.384 e. The van der Waals surface area contributed by atoms with E-state index in [1.54, 1.807) is 7.11 Å². The predicted molar refractivity (Wildman–Crippen MR) is 82.4 cm³/mol. The van der Waals surface area contributed by atoms with Crippen LogP contribution in [0.15, 0.2) is 22.7 Å². The van der Waals surface area contributed by atoms with Crippen LogP contribution in [0.25, 0.3) is 0 Å². The summed E-state index contributed by atoms with van der Waals surface area (Å²) in [5.41, 5.74) is 2.36. The van der Waals surface area contributed by atoms with Gasteiger partial charge in [-0.25, -0.2) is 0 Å². The highest BCUT2D eigenvalue weighted by Gasteiger charge is 2.35. The zero-order valence-electron chi connectivity index (χ0n) is 12.3. The van der Waals surface area contributed by atoms with Gasteiger partial charge in [0.1, 0.15) is 0 Å². The minimum atomic E-state index is -0.249. The number of hydrogen-bond acceptors (Lipinski definition) is 4. The molecule has 1 aromatic rings. The van der Waals surface area contributed by atoms with Crippen molar-refractivity contribution in [1.29, 1.82) is 0 Å². The van der Waals surface area contributed by atoms with Gasteiger partial charge in [-0.15, -0.1) is 0 Å². The monoisotopic (exact) mass is 356 g/mol. The fourth-order valence-electron chi connectivity index (χ4n) is 3.16. The molecule has 0 aromatic heterocycles. The van der Waals surface area contributed by atoms with E-state index in [4.69, 9.17) is 18.9 Å². The van der Waals surface area contributed by atoms with Gasteiger partial charge in [-0.3, -0.25) is 0 Å². The summed E-state index contributed by atoms with van der Waals surface area (Å²) in [6, 6.07) is 6.45. The summed E-state index contributed by atoms with van der Waals surface area (Å²) in [6.45, 7) is 3.58. The fraction of sp³-hybridized carbons (Fsp3) is 0.625. The molecule has 0 spiro atoms. The van der Waals surface area contributed by atoms with Crippen molar-refractivity contribution in [3.05, 3.63) is 33.8 Å². The molecule has 2 fully saturated rings. The van der Waals surface area contributed by atoms with Crippen molar-refractivity contribution in [2.75, 3.05) is 40.1 Å². The first-order valence-corrected chi connectivity index (χ1v) is 8.14. The highest BCUT2D eigenvalue weighted by atomic mass is 79.9. The molecule has 0 aliphatic carbocycles. The van der Waals surface area contributed by atoms with Gasteiger partial charge in [-0.05, 0) is 30.5 Å². The Morgan fingerprint density at radius 3 is 2.52 bits per heavy atom. The Labute approximate surface area is 133 Å². The summed E-state index contributed by atoms with van der Waals surface area (Å²) in [5.74, 6) is 0. The van der Waals surface area contributed by atoms with Crippen molar-refractivity contribution >= 4 is 15.9 Å². The van der Waals surface area contributed by atoms with Crippen LogP contribution >= 0.6 is 15.9 Å². The van der Waals surface area contributed by atoms with Crippen LogP contribution in [-0.4, -0.2) is 40.1 Å². The Morgan fingerprint density at radius 1 is 1.14 bits per heavy atom. The molecular formula is C16H21BrO4. The number of methoxy groups -OCH3 is 1. The molecular weight excluding hydrogens is 336 g/mol. The lowest BCUT2D eigenvalue weighted by molar-refractivity contribution is -0.0444. The summed E-state index contributed by atoms with van der Waals surface area (Å²) in [4.78, 5) is 0. The normalized spacial score (nSPS) is 22.6. The molecule has 3 rings (SSSR count). The molecule has 116 valence electrons. The van der Waals surface area contributed by atoms with Gasteiger partial charge in [0.15, 0.2) is 6.29 Å². The second-order valence-electron chi connectivity index (χ2n) is 5.67. The van der Waals surface area contributed by atoms with E-state index in [1.165, 1.54) is 5.56 Å². The standard InChI is InChI=1S/C16H21BrO4/c1-18-11-16(2-4-19-5-3-16)13-8-12(9-14(17)10-13)15-20-6-7-21-15/h8-10,15H,2-7,11H2,1H3. The molecule has 5 heteroatoms. The average Bonchev–Trinajstić information content (AvgIpc) is 3.02. The topological polar surface area (TPSA) is 36.9 Å². The molecule has 0 unspecified atom stereocenters. The molecule has 2 saturated heterocycles. The SMILES string of the molecule is COCC1(c2cc(Br)cc(C3OCCO3)c2)CCOCC1. The molecule has 1 aromatic carbocycles. The molecule has 4 nitrogen and oxygen atoms in total. The van der Waals surface area contributed by atoms with E-state index in [2.05, 4.69) is 34.1 Å². The quantitative estimate of drug-likeness (QED) is 0.830.